The molecule has 0 heterocycles. The molecule has 2 aromatic rings. The van der Waals surface area contributed by atoms with E-state index in [0.717, 1.165) is 28.8 Å². The number of amides is 1. The molecule has 1 atom stereocenters. The molecule has 2 rings (SSSR count). The molecule has 0 aromatic heterocycles. The number of carbonyl (C=O) groups is 1. The third-order valence-electron chi connectivity index (χ3n) is 3.98. The van der Waals surface area contributed by atoms with Crippen LogP contribution in [-0.2, 0) is 6.18 Å². The van der Waals surface area contributed by atoms with Crippen LogP contribution in [0.15, 0.2) is 36.4 Å². The molecule has 1 unspecified atom stereocenters. The molecule has 6 heteroatoms. The number of rotatable bonds is 4. The highest BCUT2D eigenvalue weighted by Crippen LogP contribution is 2.29. The molecule has 0 aliphatic rings. The zero-order valence-corrected chi connectivity index (χ0v) is 14.2. The van der Waals surface area contributed by atoms with Gasteiger partial charge in [0.1, 0.15) is 0 Å². The number of aryl methyl sites for hydroxylation is 3. The van der Waals surface area contributed by atoms with Crippen LogP contribution in [0.2, 0.25) is 0 Å². The van der Waals surface area contributed by atoms with E-state index in [1.54, 1.807) is 0 Å². The van der Waals surface area contributed by atoms with Gasteiger partial charge >= 0.3 is 6.18 Å². The van der Waals surface area contributed by atoms with Crippen molar-refractivity contribution >= 4 is 5.91 Å². The summed E-state index contributed by atoms with van der Waals surface area (Å²) < 4.78 is 37.6. The van der Waals surface area contributed by atoms with Crippen LogP contribution >= 0.6 is 0 Å². The summed E-state index contributed by atoms with van der Waals surface area (Å²) in [6, 6.07) is 8.04. The number of carbonyl (C=O) groups excluding carboxylic acids is 1. The lowest BCUT2D eigenvalue weighted by atomic mass is 9.99. The van der Waals surface area contributed by atoms with Gasteiger partial charge < -0.3 is 10.4 Å². The van der Waals surface area contributed by atoms with E-state index in [0.29, 0.717) is 11.1 Å². The maximum absolute atomic E-state index is 12.5. The summed E-state index contributed by atoms with van der Waals surface area (Å²) >= 11 is 0. The highest BCUT2D eigenvalue weighted by molar-refractivity contribution is 5.97. The van der Waals surface area contributed by atoms with Gasteiger partial charge in [0.2, 0.25) is 0 Å². The number of hydrogen-bond acceptors (Lipinski definition) is 2. The van der Waals surface area contributed by atoms with Crippen LogP contribution in [0.5, 0.6) is 0 Å². The molecule has 1 amide bonds. The molecule has 0 fully saturated rings. The summed E-state index contributed by atoms with van der Waals surface area (Å²) in [6.45, 7) is 5.52. The van der Waals surface area contributed by atoms with E-state index < -0.39 is 17.8 Å². The SMILES string of the molecule is Cc1cc(C)c(C(=O)NCC(O)c2ccc(C(F)(F)F)cc2)c(C)c1. The van der Waals surface area contributed by atoms with Crippen molar-refractivity contribution in [3.05, 3.63) is 69.8 Å². The van der Waals surface area contributed by atoms with Gasteiger partial charge in [-0.25, -0.2) is 0 Å². The van der Waals surface area contributed by atoms with Crippen molar-refractivity contribution in [3.8, 4) is 0 Å². The monoisotopic (exact) mass is 351 g/mol. The molecule has 3 nitrogen and oxygen atoms in total. The van der Waals surface area contributed by atoms with Crippen LogP contribution in [0.3, 0.4) is 0 Å². The Balaban J connectivity index is 2.05. The number of halogens is 3. The second kappa shape index (κ2) is 7.27. The Kier molecular flexibility index (Phi) is 5.52. The zero-order valence-electron chi connectivity index (χ0n) is 14.2. The first-order chi connectivity index (χ1) is 11.6. The maximum atomic E-state index is 12.5. The smallest absolute Gasteiger partial charge is 0.387 e. The lowest BCUT2D eigenvalue weighted by molar-refractivity contribution is -0.137. The summed E-state index contributed by atoms with van der Waals surface area (Å²) in [5, 5.41) is 12.7. The fourth-order valence-corrected chi connectivity index (χ4v) is 2.83. The third-order valence-corrected chi connectivity index (χ3v) is 3.98. The fourth-order valence-electron chi connectivity index (χ4n) is 2.83. The van der Waals surface area contributed by atoms with Crippen molar-refractivity contribution in [1.82, 2.24) is 5.32 Å². The standard InChI is InChI=1S/C19H20F3NO2/c1-11-8-12(2)17(13(3)9-11)18(25)23-10-16(24)14-4-6-15(7-5-14)19(20,21)22/h4-9,16,24H,10H2,1-3H3,(H,23,25). The Labute approximate surface area is 144 Å². The first-order valence-corrected chi connectivity index (χ1v) is 7.81. The van der Waals surface area contributed by atoms with Crippen LogP contribution in [0, 0.1) is 20.8 Å². The number of aliphatic hydroxyl groups is 1. The average molecular weight is 351 g/mol. The minimum atomic E-state index is -4.42. The molecule has 2 N–H and O–H groups in total. The Bertz CT molecular complexity index is 744. The number of nitrogens with one attached hydrogen (secondary N) is 1. The largest absolute Gasteiger partial charge is 0.416 e. The molecule has 0 saturated carbocycles. The highest BCUT2D eigenvalue weighted by atomic mass is 19.4. The quantitative estimate of drug-likeness (QED) is 0.871. The van der Waals surface area contributed by atoms with Gasteiger partial charge in [0.05, 0.1) is 11.7 Å². The van der Waals surface area contributed by atoms with E-state index in [9.17, 15) is 23.1 Å². The fraction of sp³-hybridized carbons (Fsp3) is 0.316. The average Bonchev–Trinajstić information content (AvgIpc) is 2.51. The first-order valence-electron chi connectivity index (χ1n) is 7.81. The van der Waals surface area contributed by atoms with Gasteiger partial charge in [0.25, 0.3) is 5.91 Å². The number of alkyl halides is 3. The molecular weight excluding hydrogens is 331 g/mol. The molecule has 0 spiro atoms. The van der Waals surface area contributed by atoms with Crippen LogP contribution in [-0.4, -0.2) is 17.6 Å². The second-order valence-corrected chi connectivity index (χ2v) is 6.12. The van der Waals surface area contributed by atoms with Gasteiger partial charge in [-0.15, -0.1) is 0 Å². The summed E-state index contributed by atoms with van der Waals surface area (Å²) in [5.74, 6) is -0.319. The van der Waals surface area contributed by atoms with E-state index in [1.165, 1.54) is 12.1 Å². The molecule has 0 radical (unpaired) electrons. The molecule has 2 aromatic carbocycles. The van der Waals surface area contributed by atoms with E-state index >= 15 is 0 Å². The van der Waals surface area contributed by atoms with Gasteiger partial charge in [0, 0.05) is 12.1 Å². The minimum Gasteiger partial charge on any atom is -0.387 e. The molecule has 134 valence electrons. The van der Waals surface area contributed by atoms with Crippen LogP contribution < -0.4 is 5.32 Å². The first kappa shape index (κ1) is 19.0. The molecule has 0 bridgehead atoms. The van der Waals surface area contributed by atoms with Crippen molar-refractivity contribution in [3.63, 3.8) is 0 Å². The Morgan fingerprint density at radius 1 is 1.08 bits per heavy atom. The van der Waals surface area contributed by atoms with Crippen molar-refractivity contribution in [2.75, 3.05) is 6.54 Å². The van der Waals surface area contributed by atoms with Gasteiger partial charge in [-0.1, -0.05) is 29.8 Å². The predicted molar refractivity (Wildman–Crippen MR) is 89.4 cm³/mol. The Morgan fingerprint density at radius 2 is 1.60 bits per heavy atom. The van der Waals surface area contributed by atoms with E-state index in [4.69, 9.17) is 0 Å². The van der Waals surface area contributed by atoms with Crippen molar-refractivity contribution in [1.29, 1.82) is 0 Å². The van der Waals surface area contributed by atoms with E-state index in [1.807, 2.05) is 32.9 Å². The third kappa shape index (κ3) is 4.60. The van der Waals surface area contributed by atoms with Gasteiger partial charge in [0.15, 0.2) is 0 Å². The summed E-state index contributed by atoms with van der Waals surface area (Å²) in [4.78, 5) is 12.3. The van der Waals surface area contributed by atoms with Gasteiger partial charge in [-0.3, -0.25) is 4.79 Å². The van der Waals surface area contributed by atoms with Crippen LogP contribution in [0.4, 0.5) is 13.2 Å². The maximum Gasteiger partial charge on any atom is 0.416 e. The number of hydrogen-bond donors (Lipinski definition) is 2. The van der Waals surface area contributed by atoms with E-state index in [2.05, 4.69) is 5.32 Å². The van der Waals surface area contributed by atoms with Crippen molar-refractivity contribution in [2.24, 2.45) is 0 Å². The molecular formula is C19H20F3NO2. The predicted octanol–water partition coefficient (Wildman–Crippen LogP) is 4.09. The van der Waals surface area contributed by atoms with Crippen molar-refractivity contribution in [2.45, 2.75) is 33.1 Å². The van der Waals surface area contributed by atoms with Crippen LogP contribution in [0.25, 0.3) is 0 Å². The summed E-state index contributed by atoms with van der Waals surface area (Å²) in [5.41, 5.74) is 2.80. The lowest BCUT2D eigenvalue weighted by Crippen LogP contribution is -2.29. The summed E-state index contributed by atoms with van der Waals surface area (Å²) in [7, 11) is 0. The molecule has 0 aliphatic heterocycles. The molecule has 25 heavy (non-hydrogen) atoms. The zero-order chi connectivity index (χ0) is 18.8. The molecule has 0 saturated heterocycles. The highest BCUT2D eigenvalue weighted by Gasteiger charge is 2.30. The number of benzene rings is 2. The normalized spacial score (nSPS) is 12.8. The Morgan fingerprint density at radius 3 is 2.08 bits per heavy atom. The second-order valence-electron chi connectivity index (χ2n) is 6.12. The number of aliphatic hydroxyl groups excluding tert-OH is 1. The Hall–Kier alpha value is -2.34. The van der Waals surface area contributed by atoms with Gasteiger partial charge in [-0.2, -0.15) is 13.2 Å². The summed E-state index contributed by atoms with van der Waals surface area (Å²) in [6.07, 6.45) is -5.50. The van der Waals surface area contributed by atoms with E-state index in [-0.39, 0.29) is 12.5 Å². The lowest BCUT2D eigenvalue weighted by Gasteiger charge is -2.15. The van der Waals surface area contributed by atoms with Crippen LogP contribution in [0.1, 0.15) is 44.3 Å². The van der Waals surface area contributed by atoms with Gasteiger partial charge in [-0.05, 0) is 49.6 Å². The topological polar surface area (TPSA) is 49.3 Å². The minimum absolute atomic E-state index is 0.0864. The molecule has 0 aliphatic carbocycles. The van der Waals surface area contributed by atoms with Crippen molar-refractivity contribution < 1.29 is 23.1 Å².